The van der Waals surface area contributed by atoms with Crippen LogP contribution in [0.3, 0.4) is 0 Å². The first-order valence-electron chi connectivity index (χ1n) is 9.70. The standard InChI is InChI=1S/C23H23NO6S2/c1-4-16-10-11-18(23(25)30-2)14-22(16)32(28,29)24-21-15-19(31(3,26)27)12-13-20(21)17-8-6-5-7-9-17/h5-15,24H,4H2,1-3H3. The maximum Gasteiger partial charge on any atom is 0.337 e. The molecule has 3 aromatic rings. The zero-order valence-corrected chi connectivity index (χ0v) is 19.5. The van der Waals surface area contributed by atoms with Crippen LogP contribution in [0.2, 0.25) is 0 Å². The monoisotopic (exact) mass is 473 g/mol. The van der Waals surface area contributed by atoms with Gasteiger partial charge in [-0.1, -0.05) is 49.4 Å². The summed E-state index contributed by atoms with van der Waals surface area (Å²) in [5, 5.41) is 0. The fourth-order valence-electron chi connectivity index (χ4n) is 3.25. The van der Waals surface area contributed by atoms with Crippen LogP contribution in [0, 0.1) is 0 Å². The van der Waals surface area contributed by atoms with E-state index in [-0.39, 0.29) is 21.0 Å². The Labute approximate surface area is 188 Å². The van der Waals surface area contributed by atoms with Gasteiger partial charge < -0.3 is 4.74 Å². The van der Waals surface area contributed by atoms with Crippen molar-refractivity contribution in [3.8, 4) is 11.1 Å². The number of benzene rings is 3. The van der Waals surface area contributed by atoms with Crippen LogP contribution in [0.1, 0.15) is 22.8 Å². The molecular formula is C23H23NO6S2. The molecule has 168 valence electrons. The largest absolute Gasteiger partial charge is 0.465 e. The third kappa shape index (κ3) is 5.00. The van der Waals surface area contributed by atoms with Crippen molar-refractivity contribution >= 4 is 31.5 Å². The van der Waals surface area contributed by atoms with Crippen molar-refractivity contribution < 1.29 is 26.4 Å². The number of anilines is 1. The Bertz CT molecular complexity index is 1360. The predicted molar refractivity (Wildman–Crippen MR) is 123 cm³/mol. The predicted octanol–water partition coefficient (Wildman–Crippen LogP) is 3.91. The number of hydrogen-bond donors (Lipinski definition) is 1. The normalized spacial score (nSPS) is 11.7. The lowest BCUT2D eigenvalue weighted by molar-refractivity contribution is 0.0600. The number of nitrogens with one attached hydrogen (secondary N) is 1. The molecule has 0 aromatic heterocycles. The molecule has 1 N–H and O–H groups in total. The highest BCUT2D eigenvalue weighted by molar-refractivity contribution is 7.92. The van der Waals surface area contributed by atoms with Gasteiger partial charge in [-0.2, -0.15) is 0 Å². The molecule has 7 nitrogen and oxygen atoms in total. The van der Waals surface area contributed by atoms with E-state index in [1.54, 1.807) is 43.3 Å². The fraction of sp³-hybridized carbons (Fsp3) is 0.174. The van der Waals surface area contributed by atoms with Gasteiger partial charge in [-0.3, -0.25) is 4.72 Å². The Balaban J connectivity index is 2.18. The lowest BCUT2D eigenvalue weighted by Crippen LogP contribution is -2.17. The molecule has 0 saturated carbocycles. The van der Waals surface area contributed by atoms with Crippen molar-refractivity contribution in [3.05, 3.63) is 77.9 Å². The van der Waals surface area contributed by atoms with E-state index in [0.717, 1.165) is 6.26 Å². The molecule has 9 heteroatoms. The quantitative estimate of drug-likeness (QED) is 0.522. The molecule has 0 bridgehead atoms. The first-order valence-corrected chi connectivity index (χ1v) is 13.1. The third-order valence-corrected chi connectivity index (χ3v) is 7.46. The molecule has 0 aliphatic heterocycles. The van der Waals surface area contributed by atoms with Crippen LogP contribution in [-0.4, -0.2) is 36.2 Å². The highest BCUT2D eigenvalue weighted by atomic mass is 32.2. The maximum atomic E-state index is 13.4. The molecule has 3 rings (SSSR count). The number of sulfone groups is 1. The van der Waals surface area contributed by atoms with Gasteiger partial charge in [0.25, 0.3) is 10.0 Å². The SMILES string of the molecule is CCc1ccc(C(=O)OC)cc1S(=O)(=O)Nc1cc(S(C)(=O)=O)ccc1-c1ccccc1. The number of hydrogen-bond acceptors (Lipinski definition) is 6. The van der Waals surface area contributed by atoms with E-state index in [1.165, 1.54) is 31.4 Å². The van der Waals surface area contributed by atoms with Crippen LogP contribution in [0.15, 0.2) is 76.5 Å². The summed E-state index contributed by atoms with van der Waals surface area (Å²) in [4.78, 5) is 11.8. The summed E-state index contributed by atoms with van der Waals surface area (Å²) in [6.45, 7) is 1.80. The van der Waals surface area contributed by atoms with Crippen molar-refractivity contribution in [2.75, 3.05) is 18.1 Å². The van der Waals surface area contributed by atoms with Crippen molar-refractivity contribution in [2.45, 2.75) is 23.1 Å². The van der Waals surface area contributed by atoms with E-state index in [9.17, 15) is 21.6 Å². The van der Waals surface area contributed by atoms with Crippen molar-refractivity contribution in [2.24, 2.45) is 0 Å². The minimum Gasteiger partial charge on any atom is -0.465 e. The summed E-state index contributed by atoms with van der Waals surface area (Å²) in [7, 11) is -6.53. The van der Waals surface area contributed by atoms with Gasteiger partial charge in [0, 0.05) is 11.8 Å². The fourth-order valence-corrected chi connectivity index (χ4v) is 5.30. The van der Waals surface area contributed by atoms with Crippen molar-refractivity contribution in [1.82, 2.24) is 0 Å². The average Bonchev–Trinajstić information content (AvgIpc) is 2.77. The molecule has 0 spiro atoms. The number of carbonyl (C=O) groups excluding carboxylic acids is 1. The van der Waals surface area contributed by atoms with E-state index in [1.807, 2.05) is 6.07 Å². The number of sulfonamides is 1. The van der Waals surface area contributed by atoms with Crippen LogP contribution >= 0.6 is 0 Å². The first kappa shape index (κ1) is 23.5. The number of ether oxygens (including phenoxy) is 1. The smallest absolute Gasteiger partial charge is 0.337 e. The van der Waals surface area contributed by atoms with Gasteiger partial charge >= 0.3 is 5.97 Å². The third-order valence-electron chi connectivity index (χ3n) is 4.91. The first-order chi connectivity index (χ1) is 15.1. The number of methoxy groups -OCH3 is 1. The van der Waals surface area contributed by atoms with Crippen molar-refractivity contribution in [1.29, 1.82) is 0 Å². The van der Waals surface area contributed by atoms with Crippen LogP contribution in [-0.2, 0) is 31.0 Å². The highest BCUT2D eigenvalue weighted by Crippen LogP contribution is 2.33. The lowest BCUT2D eigenvalue weighted by Gasteiger charge is -2.16. The number of carbonyl (C=O) groups is 1. The van der Waals surface area contributed by atoms with E-state index in [4.69, 9.17) is 4.74 Å². The summed E-state index contributed by atoms with van der Waals surface area (Å²) in [5.41, 5.74) is 1.95. The van der Waals surface area contributed by atoms with Gasteiger partial charge in [0.2, 0.25) is 0 Å². The summed E-state index contributed by atoms with van der Waals surface area (Å²) < 4.78 is 58.2. The van der Waals surface area contributed by atoms with Crippen LogP contribution in [0.4, 0.5) is 5.69 Å². The van der Waals surface area contributed by atoms with Crippen LogP contribution < -0.4 is 4.72 Å². The average molecular weight is 474 g/mol. The second-order valence-electron chi connectivity index (χ2n) is 7.12. The van der Waals surface area contributed by atoms with Gasteiger partial charge in [-0.25, -0.2) is 21.6 Å². The molecule has 32 heavy (non-hydrogen) atoms. The topological polar surface area (TPSA) is 107 Å². The molecule has 0 heterocycles. The molecule has 3 aromatic carbocycles. The molecule has 0 aliphatic carbocycles. The highest BCUT2D eigenvalue weighted by Gasteiger charge is 2.23. The Hall–Kier alpha value is -3.17. The Morgan fingerprint density at radius 2 is 1.62 bits per heavy atom. The zero-order chi connectivity index (χ0) is 23.5. The Morgan fingerprint density at radius 3 is 2.22 bits per heavy atom. The van der Waals surface area contributed by atoms with Gasteiger partial charge in [0.1, 0.15) is 0 Å². The molecule has 0 fully saturated rings. The summed E-state index contributed by atoms with van der Waals surface area (Å²) in [5.74, 6) is -0.659. The van der Waals surface area contributed by atoms with E-state index >= 15 is 0 Å². The Morgan fingerprint density at radius 1 is 0.938 bits per heavy atom. The Kier molecular flexibility index (Phi) is 6.71. The van der Waals surface area contributed by atoms with E-state index < -0.39 is 25.8 Å². The second kappa shape index (κ2) is 9.13. The van der Waals surface area contributed by atoms with E-state index in [0.29, 0.717) is 23.1 Å². The van der Waals surface area contributed by atoms with Gasteiger partial charge in [0.15, 0.2) is 9.84 Å². The maximum absolute atomic E-state index is 13.4. The molecule has 0 radical (unpaired) electrons. The zero-order valence-electron chi connectivity index (χ0n) is 17.8. The molecular weight excluding hydrogens is 450 g/mol. The number of aryl methyl sites for hydroxylation is 1. The van der Waals surface area contributed by atoms with Crippen molar-refractivity contribution in [3.63, 3.8) is 0 Å². The van der Waals surface area contributed by atoms with Gasteiger partial charge in [-0.05, 0) is 41.8 Å². The molecule has 0 unspecified atom stereocenters. The minimum atomic E-state index is -4.17. The second-order valence-corrected chi connectivity index (χ2v) is 10.8. The number of rotatable bonds is 7. The molecule has 0 atom stereocenters. The summed E-state index contributed by atoms with van der Waals surface area (Å²) in [6.07, 6.45) is 1.46. The molecule has 0 aliphatic rings. The number of esters is 1. The van der Waals surface area contributed by atoms with Crippen LogP contribution in [0.5, 0.6) is 0 Å². The molecule has 0 amide bonds. The van der Waals surface area contributed by atoms with Crippen LogP contribution in [0.25, 0.3) is 11.1 Å². The van der Waals surface area contributed by atoms with Gasteiger partial charge in [-0.15, -0.1) is 0 Å². The molecule has 0 saturated heterocycles. The van der Waals surface area contributed by atoms with Gasteiger partial charge in [0.05, 0.1) is 28.2 Å². The summed E-state index contributed by atoms with van der Waals surface area (Å²) in [6, 6.07) is 17.6. The van der Waals surface area contributed by atoms with E-state index in [2.05, 4.69) is 4.72 Å². The lowest BCUT2D eigenvalue weighted by atomic mass is 10.0. The summed E-state index contributed by atoms with van der Waals surface area (Å²) >= 11 is 0. The minimum absolute atomic E-state index is 0.0195.